The van der Waals surface area contributed by atoms with Crippen LogP contribution in [0.3, 0.4) is 0 Å². The molecule has 2 nitrogen and oxygen atoms in total. The van der Waals surface area contributed by atoms with Gasteiger partial charge < -0.3 is 0 Å². The van der Waals surface area contributed by atoms with Gasteiger partial charge in [0.2, 0.25) is 0 Å². The summed E-state index contributed by atoms with van der Waals surface area (Å²) in [7, 11) is 0. The van der Waals surface area contributed by atoms with Crippen molar-refractivity contribution in [3.63, 3.8) is 0 Å². The topological polar surface area (TPSA) is 24.7 Å². The van der Waals surface area contributed by atoms with Crippen molar-refractivity contribution < 1.29 is 4.39 Å². The van der Waals surface area contributed by atoms with Gasteiger partial charge in [0.15, 0.2) is 0 Å². The van der Waals surface area contributed by atoms with Crippen LogP contribution in [-0.4, -0.2) is 12.4 Å². The van der Waals surface area contributed by atoms with Crippen LogP contribution in [0.2, 0.25) is 0 Å². The molecule has 0 radical (unpaired) electrons. The molecule has 0 fully saturated rings. The molecule has 0 N–H and O–H groups in total. The maximum atomic E-state index is 14.5. The van der Waals surface area contributed by atoms with Crippen molar-refractivity contribution >= 4 is 12.4 Å². The molecule has 3 rings (SSSR count). The maximum Gasteiger partial charge on any atom is 0.131 e. The summed E-state index contributed by atoms with van der Waals surface area (Å²) in [5.74, 6) is -0.259. The molecular formula is C25H25FN2. The summed E-state index contributed by atoms with van der Waals surface area (Å²) in [5.41, 5.74) is 5.73. The Morgan fingerprint density at radius 2 is 1.61 bits per heavy atom. The second kappa shape index (κ2) is 9.75. The maximum absolute atomic E-state index is 14.5. The lowest BCUT2D eigenvalue weighted by atomic mass is 10.0. The normalized spacial score (nSPS) is 11.5. The first kappa shape index (κ1) is 19.7. The lowest BCUT2D eigenvalue weighted by Crippen LogP contribution is -1.92. The van der Waals surface area contributed by atoms with Crippen molar-refractivity contribution in [2.45, 2.75) is 33.1 Å². The average Bonchev–Trinajstić information content (AvgIpc) is 2.73. The molecular weight excluding hydrogens is 347 g/mol. The van der Waals surface area contributed by atoms with Gasteiger partial charge in [-0.15, -0.1) is 0 Å². The fourth-order valence-electron chi connectivity index (χ4n) is 3.12. The van der Waals surface area contributed by atoms with E-state index in [0.29, 0.717) is 11.1 Å². The van der Waals surface area contributed by atoms with Crippen molar-refractivity contribution in [1.29, 1.82) is 0 Å². The van der Waals surface area contributed by atoms with Crippen LogP contribution >= 0.6 is 0 Å². The minimum atomic E-state index is -0.259. The highest BCUT2D eigenvalue weighted by molar-refractivity contribution is 5.84. The zero-order valence-corrected chi connectivity index (χ0v) is 16.4. The highest BCUT2D eigenvalue weighted by atomic mass is 19.1. The summed E-state index contributed by atoms with van der Waals surface area (Å²) in [6.07, 6.45) is 6.40. The van der Waals surface area contributed by atoms with E-state index in [-0.39, 0.29) is 5.82 Å². The minimum absolute atomic E-state index is 0.259. The first-order chi connectivity index (χ1) is 13.7. The van der Waals surface area contributed by atoms with Gasteiger partial charge in [-0.25, -0.2) is 4.39 Å². The van der Waals surface area contributed by atoms with Crippen LogP contribution in [0.15, 0.2) is 76.9 Å². The Hall–Kier alpha value is -3.07. The number of hydrogen-bond acceptors (Lipinski definition) is 2. The van der Waals surface area contributed by atoms with E-state index in [1.807, 2.05) is 48.5 Å². The molecule has 0 aliphatic heterocycles. The van der Waals surface area contributed by atoms with Gasteiger partial charge in [-0.2, -0.15) is 10.2 Å². The Kier molecular flexibility index (Phi) is 6.85. The van der Waals surface area contributed by atoms with E-state index in [9.17, 15) is 4.39 Å². The third kappa shape index (κ3) is 5.01. The standard InChI is InChI=1S/C25H25FN2/c1-3-7-21-8-5-6-9-23(21)18-28-27-17-20-12-15-24(25(26)16-20)22-13-10-19(4-2)11-14-22/h5-6,8-18H,3-4,7H2,1-2H3. The lowest BCUT2D eigenvalue weighted by Gasteiger charge is -2.05. The molecule has 3 heteroatoms. The molecule has 0 unspecified atom stereocenters. The Morgan fingerprint density at radius 3 is 2.32 bits per heavy atom. The molecule has 0 amide bonds. The van der Waals surface area contributed by atoms with Crippen molar-refractivity contribution in [3.8, 4) is 11.1 Å². The third-order valence-electron chi connectivity index (χ3n) is 4.71. The van der Waals surface area contributed by atoms with E-state index in [2.05, 4.69) is 30.1 Å². The van der Waals surface area contributed by atoms with Crippen molar-refractivity contribution in [1.82, 2.24) is 0 Å². The van der Waals surface area contributed by atoms with E-state index in [4.69, 9.17) is 0 Å². The van der Waals surface area contributed by atoms with Gasteiger partial charge in [0.1, 0.15) is 5.82 Å². The average molecular weight is 372 g/mol. The Balaban J connectivity index is 1.72. The van der Waals surface area contributed by atoms with Crippen LogP contribution in [0.5, 0.6) is 0 Å². The molecule has 0 saturated carbocycles. The second-order valence-corrected chi connectivity index (χ2v) is 6.73. The molecule has 0 aliphatic rings. The Labute approximate surface area is 166 Å². The first-order valence-electron chi connectivity index (χ1n) is 9.74. The molecule has 3 aromatic carbocycles. The number of benzene rings is 3. The van der Waals surface area contributed by atoms with E-state index in [0.717, 1.165) is 30.4 Å². The van der Waals surface area contributed by atoms with Gasteiger partial charge >= 0.3 is 0 Å². The Morgan fingerprint density at radius 1 is 0.857 bits per heavy atom. The minimum Gasteiger partial charge on any atom is -0.206 e. The molecule has 0 aliphatic carbocycles. The van der Waals surface area contributed by atoms with Crippen LogP contribution < -0.4 is 0 Å². The van der Waals surface area contributed by atoms with Gasteiger partial charge in [-0.1, -0.05) is 80.9 Å². The zero-order chi connectivity index (χ0) is 19.8. The van der Waals surface area contributed by atoms with Gasteiger partial charge in [0.05, 0.1) is 12.4 Å². The monoisotopic (exact) mass is 372 g/mol. The summed E-state index contributed by atoms with van der Waals surface area (Å²) in [6.45, 7) is 4.26. The molecule has 0 saturated heterocycles. The summed E-state index contributed by atoms with van der Waals surface area (Å²) < 4.78 is 14.5. The van der Waals surface area contributed by atoms with Crippen LogP contribution in [0.4, 0.5) is 4.39 Å². The fourth-order valence-corrected chi connectivity index (χ4v) is 3.12. The summed E-state index contributed by atoms with van der Waals surface area (Å²) in [5, 5.41) is 8.21. The van der Waals surface area contributed by atoms with Crippen LogP contribution in [-0.2, 0) is 12.8 Å². The highest BCUT2D eigenvalue weighted by Crippen LogP contribution is 2.24. The van der Waals surface area contributed by atoms with Crippen LogP contribution in [0.1, 0.15) is 42.5 Å². The third-order valence-corrected chi connectivity index (χ3v) is 4.71. The molecule has 0 heterocycles. The number of hydrogen-bond donors (Lipinski definition) is 0. The van der Waals surface area contributed by atoms with Crippen molar-refractivity contribution in [3.05, 3.63) is 94.8 Å². The van der Waals surface area contributed by atoms with Gasteiger partial charge in [-0.05, 0) is 46.7 Å². The smallest absolute Gasteiger partial charge is 0.131 e. The van der Waals surface area contributed by atoms with Gasteiger partial charge in [0, 0.05) is 5.56 Å². The highest BCUT2D eigenvalue weighted by Gasteiger charge is 2.05. The molecule has 3 aromatic rings. The number of aryl methyl sites for hydroxylation is 2. The van der Waals surface area contributed by atoms with Crippen LogP contribution in [0, 0.1) is 5.82 Å². The van der Waals surface area contributed by atoms with Crippen LogP contribution in [0.25, 0.3) is 11.1 Å². The predicted molar refractivity (Wildman–Crippen MR) is 117 cm³/mol. The molecule has 142 valence electrons. The van der Waals surface area contributed by atoms with E-state index in [1.165, 1.54) is 17.2 Å². The van der Waals surface area contributed by atoms with Crippen molar-refractivity contribution in [2.24, 2.45) is 10.2 Å². The Bertz CT molecular complexity index is 972. The number of rotatable bonds is 7. The van der Waals surface area contributed by atoms with E-state index in [1.54, 1.807) is 18.5 Å². The largest absolute Gasteiger partial charge is 0.206 e. The summed E-state index contributed by atoms with van der Waals surface area (Å²) in [6, 6.07) is 21.3. The first-order valence-corrected chi connectivity index (χ1v) is 9.74. The number of nitrogens with zero attached hydrogens (tertiary/aromatic N) is 2. The summed E-state index contributed by atoms with van der Waals surface area (Å²) >= 11 is 0. The van der Waals surface area contributed by atoms with E-state index < -0.39 is 0 Å². The van der Waals surface area contributed by atoms with Crippen molar-refractivity contribution in [2.75, 3.05) is 0 Å². The molecule has 28 heavy (non-hydrogen) atoms. The molecule has 0 spiro atoms. The second-order valence-electron chi connectivity index (χ2n) is 6.73. The summed E-state index contributed by atoms with van der Waals surface area (Å²) in [4.78, 5) is 0. The number of halogens is 1. The van der Waals surface area contributed by atoms with Gasteiger partial charge in [0.25, 0.3) is 0 Å². The van der Waals surface area contributed by atoms with Gasteiger partial charge in [-0.3, -0.25) is 0 Å². The molecule has 0 bridgehead atoms. The predicted octanol–water partition coefficient (Wildman–Crippen LogP) is 6.46. The molecule has 0 aromatic heterocycles. The lowest BCUT2D eigenvalue weighted by molar-refractivity contribution is 0.631. The quantitative estimate of drug-likeness (QED) is 0.336. The molecule has 0 atom stereocenters. The fraction of sp³-hybridized carbons (Fsp3) is 0.200. The SMILES string of the molecule is CCCc1ccccc1C=NN=Cc1ccc(-c2ccc(CC)cc2)c(F)c1. The van der Waals surface area contributed by atoms with E-state index >= 15 is 0 Å². The zero-order valence-electron chi connectivity index (χ0n) is 16.4.